The maximum absolute atomic E-state index is 11.2. The molecule has 0 aliphatic heterocycles. The maximum Gasteiger partial charge on any atom is 0.335 e. The van der Waals surface area contributed by atoms with Gasteiger partial charge in [-0.2, -0.15) is 0 Å². The molecule has 0 saturated carbocycles. The van der Waals surface area contributed by atoms with Gasteiger partial charge in [0.05, 0.1) is 5.56 Å². The fourth-order valence-electron chi connectivity index (χ4n) is 2.15. The van der Waals surface area contributed by atoms with Crippen molar-refractivity contribution in [1.82, 2.24) is 0 Å². The number of aromatic carboxylic acids is 1. The predicted molar refractivity (Wildman–Crippen MR) is 81.4 cm³/mol. The fourth-order valence-corrected chi connectivity index (χ4v) is 2.15. The Balaban J connectivity index is 3.05. The third kappa shape index (κ3) is 4.87. The quantitative estimate of drug-likeness (QED) is 0.783. The fraction of sp³-hybridized carbons (Fsp3) is 0.588. The van der Waals surface area contributed by atoms with E-state index in [2.05, 4.69) is 27.7 Å². The first-order chi connectivity index (χ1) is 9.31. The van der Waals surface area contributed by atoms with Gasteiger partial charge in [0.2, 0.25) is 0 Å². The molecule has 1 aromatic rings. The molecule has 0 heterocycles. The number of phenolic OH excluding ortho intramolecular Hbond substituents is 1. The molecule has 2 N–H and O–H groups in total. The van der Waals surface area contributed by atoms with Crippen molar-refractivity contribution in [3.05, 3.63) is 28.8 Å². The predicted octanol–water partition coefficient (Wildman–Crippen LogP) is 4.27. The smallest absolute Gasteiger partial charge is 0.335 e. The Morgan fingerprint density at radius 1 is 1.00 bits per heavy atom. The minimum Gasteiger partial charge on any atom is -0.507 e. The van der Waals surface area contributed by atoms with Gasteiger partial charge in [0, 0.05) is 0 Å². The zero-order valence-corrected chi connectivity index (χ0v) is 12.9. The molecule has 0 fully saturated rings. The molecule has 1 aromatic carbocycles. The molecule has 3 heteroatoms. The van der Waals surface area contributed by atoms with E-state index in [1.807, 2.05) is 0 Å². The van der Waals surface area contributed by atoms with Gasteiger partial charge in [-0.3, -0.25) is 0 Å². The van der Waals surface area contributed by atoms with E-state index in [4.69, 9.17) is 0 Å². The van der Waals surface area contributed by atoms with Crippen LogP contribution in [0, 0.1) is 11.8 Å². The number of phenols is 1. The summed E-state index contributed by atoms with van der Waals surface area (Å²) in [5, 5.41) is 19.5. The van der Waals surface area contributed by atoms with Crippen molar-refractivity contribution in [3.63, 3.8) is 0 Å². The number of carbonyl (C=O) groups is 1. The normalized spacial score (nSPS) is 11.3. The number of carboxylic acids is 1. The SMILES string of the molecule is CC(C)CCc1cc(C(=O)O)cc(CCC(C)C)c1O. The van der Waals surface area contributed by atoms with Crippen LogP contribution in [0.5, 0.6) is 5.75 Å². The molecule has 0 bridgehead atoms. The van der Waals surface area contributed by atoms with Crippen molar-refractivity contribution in [3.8, 4) is 5.75 Å². The monoisotopic (exact) mass is 278 g/mol. The van der Waals surface area contributed by atoms with E-state index in [0.717, 1.165) is 36.8 Å². The highest BCUT2D eigenvalue weighted by molar-refractivity contribution is 5.88. The molecule has 0 radical (unpaired) electrons. The number of aryl methyl sites for hydroxylation is 2. The van der Waals surface area contributed by atoms with E-state index in [9.17, 15) is 15.0 Å². The summed E-state index contributed by atoms with van der Waals surface area (Å²) in [5.41, 5.74) is 1.80. The van der Waals surface area contributed by atoms with Gasteiger partial charge in [-0.15, -0.1) is 0 Å². The summed E-state index contributed by atoms with van der Waals surface area (Å²) in [6, 6.07) is 3.22. The summed E-state index contributed by atoms with van der Waals surface area (Å²) >= 11 is 0. The molecular formula is C17H26O3. The Morgan fingerprint density at radius 2 is 1.40 bits per heavy atom. The Hall–Kier alpha value is -1.51. The number of rotatable bonds is 7. The average molecular weight is 278 g/mol. The van der Waals surface area contributed by atoms with E-state index < -0.39 is 5.97 Å². The summed E-state index contributed by atoms with van der Waals surface area (Å²) in [7, 11) is 0. The molecule has 0 amide bonds. The van der Waals surface area contributed by atoms with E-state index in [1.54, 1.807) is 12.1 Å². The Labute approximate surface area is 121 Å². The van der Waals surface area contributed by atoms with Crippen molar-refractivity contribution >= 4 is 5.97 Å². The summed E-state index contributed by atoms with van der Waals surface area (Å²) < 4.78 is 0. The number of hydrogen-bond acceptors (Lipinski definition) is 2. The lowest BCUT2D eigenvalue weighted by Gasteiger charge is -2.13. The first kappa shape index (κ1) is 16.5. The van der Waals surface area contributed by atoms with Crippen LogP contribution < -0.4 is 0 Å². The lowest BCUT2D eigenvalue weighted by Crippen LogP contribution is -2.03. The molecular weight excluding hydrogens is 252 g/mol. The highest BCUT2D eigenvalue weighted by atomic mass is 16.4. The van der Waals surface area contributed by atoms with E-state index in [-0.39, 0.29) is 11.3 Å². The molecule has 112 valence electrons. The van der Waals surface area contributed by atoms with Crippen molar-refractivity contribution < 1.29 is 15.0 Å². The molecule has 0 aromatic heterocycles. The minimum atomic E-state index is -0.929. The molecule has 0 spiro atoms. The molecule has 0 saturated heterocycles. The van der Waals surface area contributed by atoms with Gasteiger partial charge in [-0.25, -0.2) is 4.79 Å². The summed E-state index contributed by atoms with van der Waals surface area (Å²) in [6.07, 6.45) is 3.33. The third-order valence-corrected chi connectivity index (χ3v) is 3.50. The Kier molecular flexibility index (Phi) is 6.05. The topological polar surface area (TPSA) is 57.5 Å². The number of aromatic hydroxyl groups is 1. The van der Waals surface area contributed by atoms with Crippen LogP contribution >= 0.6 is 0 Å². The molecule has 1 rings (SSSR count). The van der Waals surface area contributed by atoms with Crippen LogP contribution in [0.2, 0.25) is 0 Å². The second kappa shape index (κ2) is 7.32. The van der Waals surface area contributed by atoms with Gasteiger partial charge in [-0.1, -0.05) is 27.7 Å². The summed E-state index contributed by atoms with van der Waals surface area (Å²) in [6.45, 7) is 8.49. The second-order valence-corrected chi connectivity index (χ2v) is 6.31. The average Bonchev–Trinajstić information content (AvgIpc) is 2.35. The van der Waals surface area contributed by atoms with Gasteiger partial charge in [0.1, 0.15) is 5.75 Å². The third-order valence-electron chi connectivity index (χ3n) is 3.50. The first-order valence-corrected chi connectivity index (χ1v) is 7.39. The zero-order chi connectivity index (χ0) is 15.3. The Morgan fingerprint density at radius 3 is 1.70 bits per heavy atom. The van der Waals surface area contributed by atoms with E-state index in [0.29, 0.717) is 11.8 Å². The van der Waals surface area contributed by atoms with Crippen LogP contribution in [0.25, 0.3) is 0 Å². The Bertz CT molecular complexity index is 428. The van der Waals surface area contributed by atoms with Gasteiger partial charge in [-0.05, 0) is 60.8 Å². The summed E-state index contributed by atoms with van der Waals surface area (Å²) in [4.78, 5) is 11.2. The van der Waals surface area contributed by atoms with Gasteiger partial charge >= 0.3 is 5.97 Å². The highest BCUT2D eigenvalue weighted by Crippen LogP contribution is 2.28. The lowest BCUT2D eigenvalue weighted by atomic mass is 9.94. The lowest BCUT2D eigenvalue weighted by molar-refractivity contribution is 0.0696. The highest BCUT2D eigenvalue weighted by Gasteiger charge is 2.14. The van der Waals surface area contributed by atoms with Crippen molar-refractivity contribution in [2.75, 3.05) is 0 Å². The van der Waals surface area contributed by atoms with Crippen LogP contribution in [0.1, 0.15) is 62.0 Å². The van der Waals surface area contributed by atoms with Crippen molar-refractivity contribution in [1.29, 1.82) is 0 Å². The molecule has 0 aliphatic carbocycles. The van der Waals surface area contributed by atoms with Crippen molar-refractivity contribution in [2.24, 2.45) is 11.8 Å². The zero-order valence-electron chi connectivity index (χ0n) is 12.9. The number of hydrogen-bond donors (Lipinski definition) is 2. The van der Waals surface area contributed by atoms with E-state index >= 15 is 0 Å². The van der Waals surface area contributed by atoms with Crippen LogP contribution in [0.4, 0.5) is 0 Å². The standard InChI is InChI=1S/C17H26O3/c1-11(2)5-7-13-9-15(17(19)20)10-14(16(13)18)8-6-12(3)4/h9-12,18H,5-8H2,1-4H3,(H,19,20). The van der Waals surface area contributed by atoms with Gasteiger partial charge in [0.25, 0.3) is 0 Å². The van der Waals surface area contributed by atoms with Gasteiger partial charge < -0.3 is 10.2 Å². The molecule has 20 heavy (non-hydrogen) atoms. The van der Waals surface area contributed by atoms with Crippen LogP contribution in [0.15, 0.2) is 12.1 Å². The van der Waals surface area contributed by atoms with E-state index in [1.165, 1.54) is 0 Å². The van der Waals surface area contributed by atoms with Crippen LogP contribution in [0.3, 0.4) is 0 Å². The van der Waals surface area contributed by atoms with Crippen LogP contribution in [-0.2, 0) is 12.8 Å². The molecule has 0 atom stereocenters. The first-order valence-electron chi connectivity index (χ1n) is 7.39. The summed E-state index contributed by atoms with van der Waals surface area (Å²) in [5.74, 6) is 0.418. The van der Waals surface area contributed by atoms with Gasteiger partial charge in [0.15, 0.2) is 0 Å². The number of carboxylic acid groups (broad SMARTS) is 1. The van der Waals surface area contributed by atoms with Crippen molar-refractivity contribution in [2.45, 2.75) is 53.4 Å². The molecule has 3 nitrogen and oxygen atoms in total. The maximum atomic E-state index is 11.2. The molecule has 0 aliphatic rings. The van der Waals surface area contributed by atoms with Crippen LogP contribution in [-0.4, -0.2) is 16.2 Å². The number of benzene rings is 1. The second-order valence-electron chi connectivity index (χ2n) is 6.31. The molecule has 0 unspecified atom stereocenters. The minimum absolute atomic E-state index is 0.278. The largest absolute Gasteiger partial charge is 0.507 e.